The van der Waals surface area contributed by atoms with Gasteiger partial charge in [-0.3, -0.25) is 4.98 Å². The normalized spacial score (nSPS) is 25.3. The van der Waals surface area contributed by atoms with Gasteiger partial charge in [0.05, 0.1) is 11.3 Å². The fourth-order valence-corrected chi connectivity index (χ4v) is 4.43. The maximum absolute atomic E-state index is 13.3. The number of nitrogens with zero attached hydrogens (tertiary/aromatic N) is 4. The first-order valence-corrected chi connectivity index (χ1v) is 9.56. The summed E-state index contributed by atoms with van der Waals surface area (Å²) in [6, 6.07) is 1.60. The average molecular weight is 378 g/mol. The Bertz CT molecular complexity index is 843. The monoisotopic (exact) mass is 378 g/mol. The van der Waals surface area contributed by atoms with Gasteiger partial charge in [-0.2, -0.15) is 13.2 Å². The van der Waals surface area contributed by atoms with E-state index >= 15 is 0 Å². The Hall–Kier alpha value is -1.89. The molecule has 4 rings (SSSR count). The standard InChI is InChI=1S/C20H25F3N4/c1-5-26-8-14-15(9-26)18(14)27-10-17(25-19(27)11(2)3)13-6-16(20(21,22)23)12(4)24-7-13/h6-7,10-11,14-15,18H,5,8-9H2,1-4H3/t14-,15+,18?. The lowest BCUT2D eigenvalue weighted by atomic mass is 10.1. The molecule has 1 unspecified atom stereocenters. The van der Waals surface area contributed by atoms with Crippen LogP contribution in [-0.2, 0) is 6.18 Å². The summed E-state index contributed by atoms with van der Waals surface area (Å²) in [6.45, 7) is 11.0. The largest absolute Gasteiger partial charge is 0.418 e. The number of hydrogen-bond donors (Lipinski definition) is 0. The van der Waals surface area contributed by atoms with Crippen molar-refractivity contribution in [3.63, 3.8) is 0 Å². The quantitative estimate of drug-likeness (QED) is 0.785. The van der Waals surface area contributed by atoms with Crippen molar-refractivity contribution in [1.82, 2.24) is 19.4 Å². The summed E-state index contributed by atoms with van der Waals surface area (Å²) in [5, 5.41) is 0. The summed E-state index contributed by atoms with van der Waals surface area (Å²) < 4.78 is 42.0. The van der Waals surface area contributed by atoms with Gasteiger partial charge in [0.25, 0.3) is 0 Å². The van der Waals surface area contributed by atoms with E-state index in [2.05, 4.69) is 35.2 Å². The summed E-state index contributed by atoms with van der Waals surface area (Å²) in [5.41, 5.74) is 0.303. The molecule has 2 aromatic heterocycles. The maximum Gasteiger partial charge on any atom is 0.418 e. The molecule has 0 radical (unpaired) electrons. The Balaban J connectivity index is 1.68. The molecule has 1 saturated carbocycles. The van der Waals surface area contributed by atoms with Crippen molar-refractivity contribution in [3.05, 3.63) is 35.5 Å². The van der Waals surface area contributed by atoms with E-state index in [9.17, 15) is 13.2 Å². The van der Waals surface area contributed by atoms with E-state index in [4.69, 9.17) is 4.98 Å². The van der Waals surface area contributed by atoms with Crippen LogP contribution in [0.3, 0.4) is 0 Å². The van der Waals surface area contributed by atoms with Gasteiger partial charge in [-0.05, 0) is 31.4 Å². The molecular weight excluding hydrogens is 353 g/mol. The number of rotatable bonds is 4. The fourth-order valence-electron chi connectivity index (χ4n) is 4.43. The molecule has 2 aliphatic rings. The molecular formula is C20H25F3N4. The van der Waals surface area contributed by atoms with Crippen LogP contribution >= 0.6 is 0 Å². The molecule has 0 aromatic carbocycles. The zero-order valence-corrected chi connectivity index (χ0v) is 16.1. The second-order valence-corrected chi connectivity index (χ2v) is 8.07. The Kier molecular flexibility index (Phi) is 4.33. The lowest BCUT2D eigenvalue weighted by Crippen LogP contribution is -2.25. The van der Waals surface area contributed by atoms with Crippen LogP contribution in [0.15, 0.2) is 18.5 Å². The molecule has 146 valence electrons. The highest BCUT2D eigenvalue weighted by Crippen LogP contribution is 2.56. The van der Waals surface area contributed by atoms with Crippen LogP contribution in [0.4, 0.5) is 13.2 Å². The molecule has 1 saturated heterocycles. The zero-order valence-electron chi connectivity index (χ0n) is 16.1. The highest BCUT2D eigenvalue weighted by atomic mass is 19.4. The maximum atomic E-state index is 13.3. The number of halogens is 3. The third kappa shape index (κ3) is 3.16. The molecule has 1 aliphatic carbocycles. The minimum Gasteiger partial charge on any atom is -0.330 e. The number of aromatic nitrogens is 3. The van der Waals surface area contributed by atoms with Gasteiger partial charge in [-0.25, -0.2) is 4.98 Å². The molecule has 27 heavy (non-hydrogen) atoms. The molecule has 0 amide bonds. The van der Waals surface area contributed by atoms with Crippen LogP contribution < -0.4 is 0 Å². The summed E-state index contributed by atoms with van der Waals surface area (Å²) >= 11 is 0. The van der Waals surface area contributed by atoms with Crippen LogP contribution in [0.1, 0.15) is 49.8 Å². The van der Waals surface area contributed by atoms with E-state index in [-0.39, 0.29) is 11.6 Å². The molecule has 0 N–H and O–H groups in total. The number of likely N-dealkylation sites (tertiary alicyclic amines) is 1. The summed E-state index contributed by atoms with van der Waals surface area (Å²) in [7, 11) is 0. The number of pyridine rings is 1. The Morgan fingerprint density at radius 3 is 2.44 bits per heavy atom. The van der Waals surface area contributed by atoms with Gasteiger partial charge in [0.2, 0.25) is 0 Å². The van der Waals surface area contributed by atoms with Crippen molar-refractivity contribution in [1.29, 1.82) is 0 Å². The summed E-state index contributed by atoms with van der Waals surface area (Å²) in [5.74, 6) is 2.42. The molecule has 4 nitrogen and oxygen atoms in total. The Labute approximate surface area is 157 Å². The van der Waals surface area contributed by atoms with Crippen molar-refractivity contribution in [2.45, 2.75) is 45.8 Å². The smallest absolute Gasteiger partial charge is 0.330 e. The van der Waals surface area contributed by atoms with E-state index in [0.29, 0.717) is 29.1 Å². The first kappa shape index (κ1) is 18.5. The number of alkyl halides is 3. The second-order valence-electron chi connectivity index (χ2n) is 8.07. The van der Waals surface area contributed by atoms with Crippen molar-refractivity contribution >= 4 is 0 Å². The minimum absolute atomic E-state index is 0.00820. The van der Waals surface area contributed by atoms with E-state index < -0.39 is 11.7 Å². The van der Waals surface area contributed by atoms with Crippen LogP contribution in [0.25, 0.3) is 11.3 Å². The first-order chi connectivity index (χ1) is 12.7. The lowest BCUT2D eigenvalue weighted by molar-refractivity contribution is -0.138. The molecule has 1 aliphatic heterocycles. The average Bonchev–Trinajstić information content (AvgIpc) is 2.99. The molecule has 0 bridgehead atoms. The zero-order chi connectivity index (χ0) is 19.5. The van der Waals surface area contributed by atoms with Gasteiger partial charge in [-0.1, -0.05) is 20.8 Å². The van der Waals surface area contributed by atoms with Gasteiger partial charge in [0.1, 0.15) is 5.82 Å². The summed E-state index contributed by atoms with van der Waals surface area (Å²) in [4.78, 5) is 11.1. The van der Waals surface area contributed by atoms with Crippen molar-refractivity contribution in [2.24, 2.45) is 11.8 Å². The minimum atomic E-state index is -4.41. The van der Waals surface area contributed by atoms with Crippen LogP contribution in [0, 0.1) is 18.8 Å². The Morgan fingerprint density at radius 2 is 1.89 bits per heavy atom. The first-order valence-electron chi connectivity index (χ1n) is 9.56. The van der Waals surface area contributed by atoms with Gasteiger partial charge in [0.15, 0.2) is 0 Å². The molecule has 3 heterocycles. The van der Waals surface area contributed by atoms with Gasteiger partial charge in [0, 0.05) is 48.7 Å². The molecule has 2 fully saturated rings. The molecule has 7 heteroatoms. The second kappa shape index (κ2) is 6.33. The van der Waals surface area contributed by atoms with Gasteiger partial charge >= 0.3 is 6.18 Å². The Morgan fingerprint density at radius 1 is 1.22 bits per heavy atom. The lowest BCUT2D eigenvalue weighted by Gasteiger charge is -2.19. The van der Waals surface area contributed by atoms with Crippen LogP contribution in [-0.4, -0.2) is 39.1 Å². The third-order valence-electron chi connectivity index (χ3n) is 5.96. The van der Waals surface area contributed by atoms with Crippen molar-refractivity contribution < 1.29 is 13.2 Å². The van der Waals surface area contributed by atoms with Gasteiger partial charge in [-0.15, -0.1) is 0 Å². The van der Waals surface area contributed by atoms with Crippen LogP contribution in [0.5, 0.6) is 0 Å². The molecule has 3 atom stereocenters. The predicted octanol–water partition coefficient (Wildman–Crippen LogP) is 4.52. The predicted molar refractivity (Wildman–Crippen MR) is 97.4 cm³/mol. The number of fused-ring (bicyclic) bond motifs is 1. The van der Waals surface area contributed by atoms with Crippen LogP contribution in [0.2, 0.25) is 0 Å². The highest BCUT2D eigenvalue weighted by molar-refractivity contribution is 5.59. The molecule has 2 aromatic rings. The topological polar surface area (TPSA) is 34.0 Å². The SMILES string of the molecule is CCN1C[C@@H]2C(n3cc(-c4cnc(C)c(C(F)(F)F)c4)nc3C(C)C)[C@@H]2C1. The van der Waals surface area contributed by atoms with E-state index in [0.717, 1.165) is 25.5 Å². The molecule has 0 spiro atoms. The highest BCUT2D eigenvalue weighted by Gasteiger charge is 2.57. The van der Waals surface area contributed by atoms with E-state index in [1.54, 1.807) is 0 Å². The fraction of sp³-hybridized carbons (Fsp3) is 0.600. The number of piperidine rings is 1. The van der Waals surface area contributed by atoms with Crippen molar-refractivity contribution in [2.75, 3.05) is 19.6 Å². The number of hydrogen-bond acceptors (Lipinski definition) is 3. The van der Waals surface area contributed by atoms with E-state index in [1.165, 1.54) is 19.2 Å². The van der Waals surface area contributed by atoms with Crippen molar-refractivity contribution in [3.8, 4) is 11.3 Å². The number of imidazole rings is 1. The third-order valence-corrected chi connectivity index (χ3v) is 5.96. The van der Waals surface area contributed by atoms with E-state index in [1.807, 2.05) is 6.20 Å². The summed E-state index contributed by atoms with van der Waals surface area (Å²) in [6.07, 6.45) is -0.983. The number of aryl methyl sites for hydroxylation is 1. The van der Waals surface area contributed by atoms with Gasteiger partial charge < -0.3 is 9.47 Å².